The van der Waals surface area contributed by atoms with Gasteiger partial charge in [0.15, 0.2) is 5.82 Å². The van der Waals surface area contributed by atoms with Crippen molar-refractivity contribution in [3.63, 3.8) is 0 Å². The number of hydrogen-bond acceptors (Lipinski definition) is 6. The smallest absolute Gasteiger partial charge is 0.162 e. The molecular weight excluding hydrogens is 326 g/mol. The number of nitrogens with one attached hydrogen (secondary N) is 1. The number of para-hydroxylation sites is 1. The number of nitrogens with zero attached hydrogens (tertiary/aromatic N) is 2. The third kappa shape index (κ3) is 3.83. The second-order valence-electron chi connectivity index (χ2n) is 5.71. The molecule has 0 aliphatic heterocycles. The lowest BCUT2D eigenvalue weighted by atomic mass is 10.1. The van der Waals surface area contributed by atoms with Crippen molar-refractivity contribution < 1.29 is 5.11 Å². The van der Waals surface area contributed by atoms with Crippen molar-refractivity contribution in [2.45, 2.75) is 12.5 Å². The number of anilines is 1. The number of aliphatic hydroxyl groups is 1. The Morgan fingerprint density at radius 1 is 1.26 bits per heavy atom. The number of aromatic nitrogens is 2. The molecule has 3 rings (SSSR count). The number of thioether (sulfide) groups is 1. The maximum atomic E-state index is 10.4. The molecule has 1 atom stereocenters. The maximum Gasteiger partial charge on any atom is 0.162 e. The summed E-state index contributed by atoms with van der Waals surface area (Å²) in [5, 5.41) is 18.7. The van der Waals surface area contributed by atoms with Crippen molar-refractivity contribution in [3.05, 3.63) is 41.1 Å². The van der Waals surface area contributed by atoms with Crippen LogP contribution in [-0.4, -0.2) is 39.2 Å². The molecule has 120 valence electrons. The molecule has 23 heavy (non-hydrogen) atoms. The predicted octanol–water partition coefficient (Wildman–Crippen LogP) is 3.88. The minimum atomic E-state index is -0.784. The van der Waals surface area contributed by atoms with Gasteiger partial charge in [-0.05, 0) is 36.8 Å². The Bertz CT molecular complexity index is 788. The molecule has 1 unspecified atom stereocenters. The second kappa shape index (κ2) is 6.86. The summed E-state index contributed by atoms with van der Waals surface area (Å²) in [6.45, 7) is 2.28. The van der Waals surface area contributed by atoms with Crippen molar-refractivity contribution in [2.75, 3.05) is 23.9 Å². The standard InChI is InChI=1S/C17H19N3OS2/c1-17(21,11-22-2)10-18-16-13-5-3-4-6-14(13)19-15(20-16)12-7-8-23-9-12/h3-9,21H,10-11H2,1-2H3,(H,18,19,20). The molecule has 4 nitrogen and oxygen atoms in total. The van der Waals surface area contributed by atoms with Gasteiger partial charge < -0.3 is 10.4 Å². The Balaban J connectivity index is 1.97. The molecule has 1 aromatic carbocycles. The Hall–Kier alpha value is -1.63. The number of rotatable bonds is 6. The topological polar surface area (TPSA) is 58.0 Å². The van der Waals surface area contributed by atoms with E-state index in [4.69, 9.17) is 0 Å². The Labute approximate surface area is 144 Å². The van der Waals surface area contributed by atoms with Gasteiger partial charge in [0.2, 0.25) is 0 Å². The monoisotopic (exact) mass is 345 g/mol. The van der Waals surface area contributed by atoms with Crippen LogP contribution in [0.25, 0.3) is 22.3 Å². The zero-order valence-electron chi connectivity index (χ0n) is 13.1. The first-order chi connectivity index (χ1) is 11.1. The van der Waals surface area contributed by atoms with Gasteiger partial charge in [0, 0.05) is 28.6 Å². The molecule has 2 aromatic heterocycles. The SMILES string of the molecule is CSCC(C)(O)CNc1nc(-c2ccsc2)nc2ccccc12. The van der Waals surface area contributed by atoms with Crippen molar-refractivity contribution in [1.82, 2.24) is 9.97 Å². The number of benzene rings is 1. The minimum Gasteiger partial charge on any atom is -0.387 e. The molecular formula is C17H19N3OS2. The van der Waals surface area contributed by atoms with Gasteiger partial charge in [0.25, 0.3) is 0 Å². The average molecular weight is 345 g/mol. The van der Waals surface area contributed by atoms with Crippen LogP contribution in [0.5, 0.6) is 0 Å². The summed E-state index contributed by atoms with van der Waals surface area (Å²) >= 11 is 3.25. The normalized spacial score (nSPS) is 13.9. The van der Waals surface area contributed by atoms with Crippen LogP contribution in [0.2, 0.25) is 0 Å². The molecule has 0 radical (unpaired) electrons. The highest BCUT2D eigenvalue weighted by Crippen LogP contribution is 2.26. The molecule has 0 aliphatic rings. The lowest BCUT2D eigenvalue weighted by molar-refractivity contribution is 0.0996. The highest BCUT2D eigenvalue weighted by Gasteiger charge is 2.20. The van der Waals surface area contributed by atoms with E-state index < -0.39 is 5.60 Å². The number of thiophene rings is 1. The quantitative estimate of drug-likeness (QED) is 0.710. The Kier molecular flexibility index (Phi) is 4.84. The number of hydrogen-bond donors (Lipinski definition) is 2. The molecule has 6 heteroatoms. The molecule has 2 heterocycles. The second-order valence-corrected chi connectivity index (χ2v) is 7.35. The lowest BCUT2D eigenvalue weighted by Gasteiger charge is -2.23. The first kappa shape index (κ1) is 16.2. The molecule has 0 spiro atoms. The van der Waals surface area contributed by atoms with Gasteiger partial charge in [-0.25, -0.2) is 9.97 Å². The van der Waals surface area contributed by atoms with Gasteiger partial charge in [-0.15, -0.1) is 0 Å². The Morgan fingerprint density at radius 3 is 2.83 bits per heavy atom. The molecule has 0 bridgehead atoms. The van der Waals surface area contributed by atoms with Gasteiger partial charge in [-0.2, -0.15) is 23.1 Å². The summed E-state index contributed by atoms with van der Waals surface area (Å²) < 4.78 is 0. The highest BCUT2D eigenvalue weighted by atomic mass is 32.2. The van der Waals surface area contributed by atoms with Crippen LogP contribution in [0.15, 0.2) is 41.1 Å². The van der Waals surface area contributed by atoms with Crippen LogP contribution in [0, 0.1) is 0 Å². The predicted molar refractivity (Wildman–Crippen MR) is 100 cm³/mol. The van der Waals surface area contributed by atoms with Crippen LogP contribution in [0.3, 0.4) is 0 Å². The minimum absolute atomic E-state index is 0.442. The van der Waals surface area contributed by atoms with Crippen LogP contribution in [0.4, 0.5) is 5.82 Å². The fourth-order valence-electron chi connectivity index (χ4n) is 2.37. The van der Waals surface area contributed by atoms with Gasteiger partial charge in [0.1, 0.15) is 5.82 Å². The molecule has 3 aromatic rings. The van der Waals surface area contributed by atoms with Crippen molar-refractivity contribution in [3.8, 4) is 11.4 Å². The van der Waals surface area contributed by atoms with E-state index in [1.165, 1.54) is 0 Å². The zero-order chi connectivity index (χ0) is 16.3. The molecule has 0 saturated carbocycles. The summed E-state index contributed by atoms with van der Waals surface area (Å²) in [5.41, 5.74) is 1.13. The van der Waals surface area contributed by atoms with Crippen LogP contribution in [-0.2, 0) is 0 Å². The maximum absolute atomic E-state index is 10.4. The first-order valence-corrected chi connectivity index (χ1v) is 9.67. The van der Waals surface area contributed by atoms with E-state index in [9.17, 15) is 5.11 Å². The van der Waals surface area contributed by atoms with Crippen molar-refractivity contribution >= 4 is 39.8 Å². The van der Waals surface area contributed by atoms with E-state index in [2.05, 4.69) is 15.3 Å². The number of fused-ring (bicyclic) bond motifs is 1. The summed E-state index contributed by atoms with van der Waals surface area (Å²) in [6.07, 6.45) is 1.99. The summed E-state index contributed by atoms with van der Waals surface area (Å²) in [5.74, 6) is 2.13. The van der Waals surface area contributed by atoms with E-state index in [0.717, 1.165) is 22.3 Å². The molecule has 0 amide bonds. The van der Waals surface area contributed by atoms with Crippen molar-refractivity contribution in [2.24, 2.45) is 0 Å². The third-order valence-electron chi connectivity index (χ3n) is 3.47. The molecule has 2 N–H and O–H groups in total. The van der Waals surface area contributed by atoms with E-state index >= 15 is 0 Å². The van der Waals surface area contributed by atoms with Gasteiger partial charge in [-0.1, -0.05) is 12.1 Å². The summed E-state index contributed by atoms with van der Waals surface area (Å²) in [4.78, 5) is 9.32. The fraction of sp³-hybridized carbons (Fsp3) is 0.294. The van der Waals surface area contributed by atoms with Crippen LogP contribution in [0.1, 0.15) is 6.92 Å². The van der Waals surface area contributed by atoms with Gasteiger partial charge >= 0.3 is 0 Å². The third-order valence-corrected chi connectivity index (χ3v) is 5.07. The fourth-order valence-corrected chi connectivity index (χ4v) is 3.73. The highest BCUT2D eigenvalue weighted by molar-refractivity contribution is 7.98. The van der Waals surface area contributed by atoms with E-state index in [1.807, 2.05) is 54.3 Å². The first-order valence-electron chi connectivity index (χ1n) is 7.34. The lowest BCUT2D eigenvalue weighted by Crippen LogP contribution is -2.36. The molecule has 0 aliphatic carbocycles. The van der Waals surface area contributed by atoms with E-state index in [1.54, 1.807) is 23.1 Å². The van der Waals surface area contributed by atoms with E-state index in [0.29, 0.717) is 18.1 Å². The van der Waals surface area contributed by atoms with Gasteiger partial charge in [0.05, 0.1) is 11.1 Å². The van der Waals surface area contributed by atoms with Crippen LogP contribution < -0.4 is 5.32 Å². The molecule has 0 fully saturated rings. The summed E-state index contributed by atoms with van der Waals surface area (Å²) in [7, 11) is 0. The van der Waals surface area contributed by atoms with Crippen LogP contribution >= 0.6 is 23.1 Å². The van der Waals surface area contributed by atoms with E-state index in [-0.39, 0.29) is 0 Å². The average Bonchev–Trinajstić information content (AvgIpc) is 3.07. The van der Waals surface area contributed by atoms with Crippen molar-refractivity contribution in [1.29, 1.82) is 0 Å². The van der Waals surface area contributed by atoms with Gasteiger partial charge in [-0.3, -0.25) is 0 Å². The Morgan fingerprint density at radius 2 is 2.09 bits per heavy atom. The zero-order valence-corrected chi connectivity index (χ0v) is 14.7. The largest absolute Gasteiger partial charge is 0.387 e. The molecule has 0 saturated heterocycles. The summed E-state index contributed by atoms with van der Waals surface area (Å²) in [6, 6.07) is 9.94.